The highest BCUT2D eigenvalue weighted by atomic mass is 79.9. The standard InChI is InChI=1S/C18H19BrN6O/c19-13-8-20-18(21-9-13)22-10-14-3-1-2-6-25(14)17(26)12-4-5-15-16(7-12)24-11-23-15/h4-5,7-9,11,14H,1-3,6,10H2,(H,23,24)(H,20,21,22)/t14-/m0/s1. The minimum Gasteiger partial charge on any atom is -0.352 e. The molecule has 1 aliphatic rings. The number of aromatic nitrogens is 4. The van der Waals surface area contributed by atoms with Gasteiger partial charge in [0.25, 0.3) is 5.91 Å². The van der Waals surface area contributed by atoms with E-state index in [4.69, 9.17) is 0 Å². The van der Waals surface area contributed by atoms with Crippen LogP contribution in [0.25, 0.3) is 11.0 Å². The van der Waals surface area contributed by atoms with E-state index in [0.29, 0.717) is 18.1 Å². The number of nitrogens with one attached hydrogen (secondary N) is 2. The predicted octanol–water partition coefficient (Wildman–Crippen LogP) is 3.22. The van der Waals surface area contributed by atoms with Crippen LogP contribution in [0.15, 0.2) is 41.4 Å². The third-order valence-electron chi connectivity index (χ3n) is 4.67. The fraction of sp³-hybridized carbons (Fsp3) is 0.333. The number of imidazole rings is 1. The van der Waals surface area contributed by atoms with Crippen LogP contribution in [0.3, 0.4) is 0 Å². The largest absolute Gasteiger partial charge is 0.352 e. The van der Waals surface area contributed by atoms with Gasteiger partial charge in [0.05, 0.1) is 21.8 Å². The number of carbonyl (C=O) groups excluding carboxylic acids is 1. The topological polar surface area (TPSA) is 86.8 Å². The zero-order chi connectivity index (χ0) is 17.9. The Labute approximate surface area is 159 Å². The van der Waals surface area contributed by atoms with Gasteiger partial charge in [-0.05, 0) is 53.4 Å². The van der Waals surface area contributed by atoms with Crippen LogP contribution in [0, 0.1) is 0 Å². The molecule has 0 aliphatic carbocycles. The first-order valence-electron chi connectivity index (χ1n) is 8.66. The molecule has 26 heavy (non-hydrogen) atoms. The van der Waals surface area contributed by atoms with Gasteiger partial charge in [-0.25, -0.2) is 15.0 Å². The summed E-state index contributed by atoms with van der Waals surface area (Å²) in [5.41, 5.74) is 2.44. The smallest absolute Gasteiger partial charge is 0.254 e. The number of likely N-dealkylation sites (tertiary alicyclic amines) is 1. The van der Waals surface area contributed by atoms with Crippen molar-refractivity contribution in [2.45, 2.75) is 25.3 Å². The summed E-state index contributed by atoms with van der Waals surface area (Å²) in [7, 11) is 0. The van der Waals surface area contributed by atoms with E-state index in [-0.39, 0.29) is 11.9 Å². The van der Waals surface area contributed by atoms with Gasteiger partial charge in [-0.2, -0.15) is 0 Å². The van der Waals surface area contributed by atoms with Crippen molar-refractivity contribution in [1.29, 1.82) is 0 Å². The molecule has 7 nitrogen and oxygen atoms in total. The number of carbonyl (C=O) groups is 1. The summed E-state index contributed by atoms with van der Waals surface area (Å²) in [6.07, 6.45) is 8.18. The van der Waals surface area contributed by atoms with Crippen LogP contribution in [-0.4, -0.2) is 49.9 Å². The first-order valence-corrected chi connectivity index (χ1v) is 9.45. The van der Waals surface area contributed by atoms with Gasteiger partial charge in [-0.3, -0.25) is 4.79 Å². The van der Waals surface area contributed by atoms with Crippen LogP contribution in [0.4, 0.5) is 5.95 Å². The number of amides is 1. The number of benzene rings is 1. The molecule has 0 spiro atoms. The van der Waals surface area contributed by atoms with Crippen molar-refractivity contribution in [3.8, 4) is 0 Å². The van der Waals surface area contributed by atoms with Crippen molar-refractivity contribution in [1.82, 2.24) is 24.8 Å². The first-order chi connectivity index (χ1) is 12.7. The Hall–Kier alpha value is -2.48. The molecule has 4 rings (SSSR count). The molecule has 2 N–H and O–H groups in total. The van der Waals surface area contributed by atoms with E-state index in [0.717, 1.165) is 41.3 Å². The summed E-state index contributed by atoms with van der Waals surface area (Å²) in [4.78, 5) is 30.8. The second kappa shape index (κ2) is 7.41. The molecule has 1 aromatic carbocycles. The highest BCUT2D eigenvalue weighted by Gasteiger charge is 2.27. The van der Waals surface area contributed by atoms with E-state index in [9.17, 15) is 4.79 Å². The van der Waals surface area contributed by atoms with Crippen LogP contribution >= 0.6 is 15.9 Å². The molecule has 0 saturated carbocycles. The van der Waals surface area contributed by atoms with Crippen molar-refractivity contribution in [3.63, 3.8) is 0 Å². The number of piperidine rings is 1. The molecule has 1 atom stereocenters. The van der Waals surface area contributed by atoms with E-state index in [1.165, 1.54) is 0 Å². The molecule has 1 saturated heterocycles. The lowest BCUT2D eigenvalue weighted by Gasteiger charge is -2.36. The number of rotatable bonds is 4. The van der Waals surface area contributed by atoms with Gasteiger partial charge in [0, 0.05) is 37.1 Å². The second-order valence-electron chi connectivity index (χ2n) is 6.39. The highest BCUT2D eigenvalue weighted by molar-refractivity contribution is 9.10. The number of hydrogen-bond acceptors (Lipinski definition) is 5. The Morgan fingerprint density at radius 3 is 2.96 bits per heavy atom. The maximum absolute atomic E-state index is 13.1. The Kier molecular flexibility index (Phi) is 4.83. The number of fused-ring (bicyclic) bond motifs is 1. The van der Waals surface area contributed by atoms with Crippen molar-refractivity contribution in [2.24, 2.45) is 0 Å². The summed E-state index contributed by atoms with van der Waals surface area (Å²) in [6.45, 7) is 1.41. The SMILES string of the molecule is O=C(c1ccc2nc[nH]c2c1)N1CCCC[C@H]1CNc1ncc(Br)cn1. The molecule has 0 unspecified atom stereocenters. The van der Waals surface area contributed by atoms with Crippen LogP contribution in [-0.2, 0) is 0 Å². The summed E-state index contributed by atoms with van der Waals surface area (Å²) in [5.74, 6) is 0.634. The fourth-order valence-electron chi connectivity index (χ4n) is 3.33. The van der Waals surface area contributed by atoms with E-state index < -0.39 is 0 Å². The summed E-state index contributed by atoms with van der Waals surface area (Å²) in [6, 6.07) is 5.73. The average Bonchev–Trinajstić information content (AvgIpc) is 3.15. The van der Waals surface area contributed by atoms with Gasteiger partial charge in [0.1, 0.15) is 0 Å². The molecule has 1 amide bonds. The maximum Gasteiger partial charge on any atom is 0.254 e. The van der Waals surface area contributed by atoms with E-state index >= 15 is 0 Å². The zero-order valence-electron chi connectivity index (χ0n) is 14.2. The van der Waals surface area contributed by atoms with Crippen molar-refractivity contribution >= 4 is 38.8 Å². The van der Waals surface area contributed by atoms with Crippen LogP contribution < -0.4 is 5.32 Å². The molecule has 3 heterocycles. The van der Waals surface area contributed by atoms with Gasteiger partial charge in [0.15, 0.2) is 0 Å². The second-order valence-corrected chi connectivity index (χ2v) is 7.30. The van der Waals surface area contributed by atoms with Crippen molar-refractivity contribution < 1.29 is 4.79 Å². The Balaban J connectivity index is 1.48. The molecule has 2 aromatic heterocycles. The van der Waals surface area contributed by atoms with E-state index in [1.807, 2.05) is 23.1 Å². The predicted molar refractivity (Wildman–Crippen MR) is 103 cm³/mol. The van der Waals surface area contributed by atoms with Gasteiger partial charge in [0.2, 0.25) is 5.95 Å². The summed E-state index contributed by atoms with van der Waals surface area (Å²) >= 11 is 3.33. The summed E-state index contributed by atoms with van der Waals surface area (Å²) in [5, 5.41) is 3.25. The molecule has 1 aliphatic heterocycles. The van der Waals surface area contributed by atoms with Gasteiger partial charge in [-0.15, -0.1) is 0 Å². The first kappa shape index (κ1) is 17.0. The van der Waals surface area contributed by atoms with E-state index in [2.05, 4.69) is 41.2 Å². The lowest BCUT2D eigenvalue weighted by Crippen LogP contribution is -2.47. The zero-order valence-corrected chi connectivity index (χ0v) is 15.7. The number of nitrogens with zero attached hydrogens (tertiary/aromatic N) is 4. The van der Waals surface area contributed by atoms with Crippen molar-refractivity contribution in [3.05, 3.63) is 47.0 Å². The number of hydrogen-bond donors (Lipinski definition) is 2. The molecule has 0 bridgehead atoms. The van der Waals surface area contributed by atoms with Crippen LogP contribution in [0.1, 0.15) is 29.6 Å². The maximum atomic E-state index is 13.1. The Morgan fingerprint density at radius 2 is 2.12 bits per heavy atom. The minimum atomic E-state index is 0.0599. The average molecular weight is 415 g/mol. The number of anilines is 1. The van der Waals surface area contributed by atoms with Gasteiger partial charge < -0.3 is 15.2 Å². The summed E-state index contributed by atoms with van der Waals surface area (Å²) < 4.78 is 0.840. The van der Waals surface area contributed by atoms with Gasteiger partial charge in [-0.1, -0.05) is 0 Å². The Morgan fingerprint density at radius 1 is 1.27 bits per heavy atom. The monoisotopic (exact) mass is 414 g/mol. The third-order valence-corrected chi connectivity index (χ3v) is 5.08. The fourth-order valence-corrected chi connectivity index (χ4v) is 3.53. The molecule has 1 fully saturated rings. The number of H-pyrrole nitrogens is 1. The van der Waals surface area contributed by atoms with E-state index in [1.54, 1.807) is 18.7 Å². The molecule has 8 heteroatoms. The highest BCUT2D eigenvalue weighted by Crippen LogP contribution is 2.21. The quantitative estimate of drug-likeness (QED) is 0.684. The molecule has 3 aromatic rings. The molecular formula is C18H19BrN6O. The molecule has 0 radical (unpaired) electrons. The number of halogens is 1. The van der Waals surface area contributed by atoms with Crippen LogP contribution in [0.2, 0.25) is 0 Å². The lowest BCUT2D eigenvalue weighted by molar-refractivity contribution is 0.0628. The lowest BCUT2D eigenvalue weighted by atomic mass is 10.0. The molecular weight excluding hydrogens is 396 g/mol. The third kappa shape index (κ3) is 3.55. The van der Waals surface area contributed by atoms with Gasteiger partial charge >= 0.3 is 0 Å². The van der Waals surface area contributed by atoms with Crippen LogP contribution in [0.5, 0.6) is 0 Å². The molecule has 134 valence electrons. The number of aromatic amines is 1. The normalized spacial score (nSPS) is 17.4. The minimum absolute atomic E-state index is 0.0599. The van der Waals surface area contributed by atoms with Crippen molar-refractivity contribution in [2.75, 3.05) is 18.4 Å². The Bertz CT molecular complexity index is 909.